The highest BCUT2D eigenvalue weighted by molar-refractivity contribution is 7.45. The first-order valence-electron chi connectivity index (χ1n) is 5.77. The minimum Gasteiger partial charge on any atom is -0.368 e. The molecule has 0 radical (unpaired) electrons. The van der Waals surface area contributed by atoms with Crippen molar-refractivity contribution in [3.05, 3.63) is 11.4 Å². The Bertz CT molecular complexity index is 324. The van der Waals surface area contributed by atoms with Gasteiger partial charge in [-0.15, -0.1) is 9.05 Å². The third-order valence-electron chi connectivity index (χ3n) is 2.60. The van der Waals surface area contributed by atoms with Crippen LogP contribution in [0.4, 0.5) is 4.39 Å². The van der Waals surface area contributed by atoms with Gasteiger partial charge in [-0.1, -0.05) is 0 Å². The van der Waals surface area contributed by atoms with E-state index in [4.69, 9.17) is 20.4 Å². The van der Waals surface area contributed by atoms with Crippen molar-refractivity contribution in [2.45, 2.75) is 31.4 Å². The number of nitrogens with one attached hydrogen (secondary N) is 1. The number of rotatable bonds is 7. The molecule has 7 heteroatoms. The maximum atomic E-state index is 13.9. The van der Waals surface area contributed by atoms with Gasteiger partial charge in [-0.2, -0.15) is 0 Å². The zero-order chi connectivity index (χ0) is 13.5. The predicted octanol–water partition coefficient (Wildman–Crippen LogP) is 1.40. The molecular formula is C11H19FN2O3P+. The van der Waals surface area contributed by atoms with Gasteiger partial charge in [0.15, 0.2) is 18.9 Å². The van der Waals surface area contributed by atoms with Crippen LogP contribution in [0.3, 0.4) is 0 Å². The van der Waals surface area contributed by atoms with Gasteiger partial charge in [0, 0.05) is 6.54 Å². The van der Waals surface area contributed by atoms with Crippen molar-refractivity contribution in [2.75, 3.05) is 26.7 Å². The van der Waals surface area contributed by atoms with Gasteiger partial charge in [-0.3, -0.25) is 0 Å². The molecule has 0 amide bonds. The molecule has 1 aliphatic heterocycles. The predicted molar refractivity (Wildman–Crippen MR) is 69.5 cm³/mol. The Morgan fingerprint density at radius 1 is 1.61 bits per heavy atom. The van der Waals surface area contributed by atoms with Gasteiger partial charge < -0.3 is 14.9 Å². The molecule has 5 atom stereocenters. The van der Waals surface area contributed by atoms with E-state index < -0.39 is 26.4 Å². The van der Waals surface area contributed by atoms with E-state index >= 15 is 0 Å². The SMILES string of the molecule is [C-]#[N+]CCO[P+](=C)OC1[C@@H](CNC)O[C@@H](C)[C@H]1F. The fourth-order valence-electron chi connectivity index (χ4n) is 1.75. The van der Waals surface area contributed by atoms with Crippen LogP contribution in [0.5, 0.6) is 0 Å². The summed E-state index contributed by atoms with van der Waals surface area (Å²) in [5.41, 5.74) is 0. The van der Waals surface area contributed by atoms with Crippen molar-refractivity contribution < 1.29 is 18.2 Å². The number of ether oxygens (including phenoxy) is 1. The summed E-state index contributed by atoms with van der Waals surface area (Å²) in [6.45, 7) is 9.33. The highest BCUT2D eigenvalue weighted by Gasteiger charge is 2.47. The van der Waals surface area contributed by atoms with E-state index in [-0.39, 0.29) is 19.3 Å². The van der Waals surface area contributed by atoms with Crippen LogP contribution < -0.4 is 5.32 Å². The van der Waals surface area contributed by atoms with E-state index in [1.54, 1.807) is 14.0 Å². The smallest absolute Gasteiger partial charge is 0.368 e. The van der Waals surface area contributed by atoms with Gasteiger partial charge in [0.25, 0.3) is 0 Å². The first kappa shape index (κ1) is 15.5. The van der Waals surface area contributed by atoms with Crippen molar-refractivity contribution >= 4 is 14.3 Å². The lowest BCUT2D eigenvalue weighted by molar-refractivity contribution is 0.0251. The molecule has 0 aromatic rings. The van der Waals surface area contributed by atoms with Crippen LogP contribution in [0.1, 0.15) is 6.92 Å². The second kappa shape index (κ2) is 7.78. The summed E-state index contributed by atoms with van der Waals surface area (Å²) in [6.07, 6.45) is 1.04. The summed E-state index contributed by atoms with van der Waals surface area (Å²) in [6, 6.07) is 0. The molecule has 1 N–H and O–H groups in total. The van der Waals surface area contributed by atoms with E-state index in [1.807, 2.05) is 0 Å². The van der Waals surface area contributed by atoms with E-state index in [0.717, 1.165) is 0 Å². The molecule has 5 nitrogen and oxygen atoms in total. The lowest BCUT2D eigenvalue weighted by atomic mass is 10.1. The van der Waals surface area contributed by atoms with Crippen LogP contribution in [0, 0.1) is 6.57 Å². The largest absolute Gasteiger partial charge is 0.423 e. The van der Waals surface area contributed by atoms with Crippen LogP contribution in [-0.4, -0.2) is 57.5 Å². The molecule has 0 aliphatic carbocycles. The van der Waals surface area contributed by atoms with Crippen molar-refractivity contribution in [2.24, 2.45) is 0 Å². The average molecular weight is 277 g/mol. The monoisotopic (exact) mass is 277 g/mol. The molecule has 2 unspecified atom stereocenters. The number of likely N-dealkylation sites (N-methyl/N-ethyl adjacent to an activating group) is 1. The lowest BCUT2D eigenvalue weighted by Gasteiger charge is -2.14. The summed E-state index contributed by atoms with van der Waals surface area (Å²) in [4.78, 5) is 3.15. The van der Waals surface area contributed by atoms with Crippen molar-refractivity contribution in [1.82, 2.24) is 5.32 Å². The number of nitrogens with zero attached hydrogens (tertiary/aromatic N) is 1. The van der Waals surface area contributed by atoms with Crippen molar-refractivity contribution in [3.8, 4) is 0 Å². The van der Waals surface area contributed by atoms with E-state index in [1.165, 1.54) is 0 Å². The summed E-state index contributed by atoms with van der Waals surface area (Å²) < 4.78 is 30.1. The molecule has 1 heterocycles. The van der Waals surface area contributed by atoms with Gasteiger partial charge in [0.1, 0.15) is 12.4 Å². The molecule has 0 aromatic heterocycles. The zero-order valence-corrected chi connectivity index (χ0v) is 11.5. The Hall–Kier alpha value is -0.570. The summed E-state index contributed by atoms with van der Waals surface area (Å²) in [5, 5.41) is 2.94. The lowest BCUT2D eigenvalue weighted by Crippen LogP contribution is -2.36. The Labute approximate surface area is 108 Å². The molecule has 0 bridgehead atoms. The molecule has 1 aliphatic rings. The maximum absolute atomic E-state index is 13.9. The van der Waals surface area contributed by atoms with Crippen LogP contribution in [-0.2, 0) is 13.8 Å². The van der Waals surface area contributed by atoms with E-state index in [2.05, 4.69) is 16.5 Å². The summed E-state index contributed by atoms with van der Waals surface area (Å²) in [7, 11) is 0.346. The number of halogens is 1. The Kier molecular flexibility index (Phi) is 6.69. The molecule has 0 aromatic carbocycles. The van der Waals surface area contributed by atoms with E-state index in [9.17, 15) is 4.39 Å². The molecule has 1 fully saturated rings. The second-order valence-electron chi connectivity index (χ2n) is 4.00. The minimum atomic E-state index is -1.43. The standard InChI is InChI=1S/C11H19FN2O3P/c1-8-10(12)11(9(16-8)7-14-3)17-18(4)15-6-5-13-2/h8-11,14H,4-7H2,1,3H3/q+1/t8-,9+,10+,11?/m0/s1. The quantitative estimate of drug-likeness (QED) is 0.434. The van der Waals surface area contributed by atoms with Gasteiger partial charge >= 0.3 is 8.00 Å². The topological polar surface area (TPSA) is 44.1 Å². The number of hydrogen-bond acceptors (Lipinski definition) is 4. The van der Waals surface area contributed by atoms with Gasteiger partial charge in [-0.25, -0.2) is 11.0 Å². The highest BCUT2D eigenvalue weighted by atomic mass is 31.1. The summed E-state index contributed by atoms with van der Waals surface area (Å²) in [5.74, 6) is 0. The Morgan fingerprint density at radius 3 is 2.94 bits per heavy atom. The Balaban J connectivity index is 2.46. The van der Waals surface area contributed by atoms with Crippen LogP contribution in [0.25, 0.3) is 4.85 Å². The molecule has 0 spiro atoms. The average Bonchev–Trinajstić information content (AvgIpc) is 2.58. The third kappa shape index (κ3) is 4.27. The second-order valence-corrected chi connectivity index (χ2v) is 5.13. The Morgan fingerprint density at radius 2 is 2.33 bits per heavy atom. The van der Waals surface area contributed by atoms with Gasteiger partial charge in [0.2, 0.25) is 6.54 Å². The number of hydrogen-bond donors (Lipinski definition) is 1. The van der Waals surface area contributed by atoms with Crippen LogP contribution in [0.2, 0.25) is 0 Å². The fourth-order valence-corrected chi connectivity index (χ4v) is 2.62. The van der Waals surface area contributed by atoms with E-state index in [0.29, 0.717) is 6.54 Å². The number of alkyl halides is 1. The third-order valence-corrected chi connectivity index (χ3v) is 3.55. The molecule has 102 valence electrons. The zero-order valence-electron chi connectivity index (χ0n) is 10.6. The molecule has 1 rings (SSSR count). The molecule has 1 saturated heterocycles. The van der Waals surface area contributed by atoms with Crippen LogP contribution >= 0.6 is 8.00 Å². The molecule has 18 heavy (non-hydrogen) atoms. The molecule has 0 saturated carbocycles. The first-order valence-corrected chi connectivity index (χ1v) is 7.14. The fraction of sp³-hybridized carbons (Fsp3) is 0.818. The summed E-state index contributed by atoms with van der Waals surface area (Å²) >= 11 is 0. The normalized spacial score (nSPS) is 32.2. The van der Waals surface area contributed by atoms with Crippen LogP contribution in [0.15, 0.2) is 0 Å². The minimum absolute atomic E-state index is 0.258. The highest BCUT2D eigenvalue weighted by Crippen LogP contribution is 2.34. The van der Waals surface area contributed by atoms with Crippen molar-refractivity contribution in [3.63, 3.8) is 0 Å². The van der Waals surface area contributed by atoms with Gasteiger partial charge in [-0.05, 0) is 14.0 Å². The maximum Gasteiger partial charge on any atom is 0.423 e. The van der Waals surface area contributed by atoms with Gasteiger partial charge in [0.05, 0.1) is 6.10 Å². The van der Waals surface area contributed by atoms with Crippen molar-refractivity contribution in [1.29, 1.82) is 0 Å². The first-order chi connectivity index (χ1) is 8.60. The molecular weight excluding hydrogens is 258 g/mol.